The first-order chi connectivity index (χ1) is 5.18. The van der Waals surface area contributed by atoms with Gasteiger partial charge in [0.15, 0.2) is 17.7 Å². The molecule has 1 N–H and O–H groups in total. The minimum atomic E-state index is 0.0700. The van der Waals surface area contributed by atoms with Crippen LogP contribution in [0.25, 0.3) is 0 Å². The fourth-order valence-corrected chi connectivity index (χ4v) is 0.864. The monoisotopic (exact) mass is 152 g/mol. The average Bonchev–Trinajstić information content (AvgIpc) is 1.85. The summed E-state index contributed by atoms with van der Waals surface area (Å²) in [6, 6.07) is 3.26. The zero-order chi connectivity index (χ0) is 8.27. The van der Waals surface area contributed by atoms with Gasteiger partial charge in [-0.05, 0) is 6.07 Å². The van der Waals surface area contributed by atoms with Gasteiger partial charge in [0, 0.05) is 13.0 Å². The van der Waals surface area contributed by atoms with Gasteiger partial charge < -0.3 is 5.11 Å². The first-order valence-corrected chi connectivity index (χ1v) is 3.36. The van der Waals surface area contributed by atoms with Crippen LogP contribution in [0.1, 0.15) is 6.92 Å². The molecule has 0 saturated heterocycles. The Morgan fingerprint density at radius 2 is 2.45 bits per heavy atom. The van der Waals surface area contributed by atoms with E-state index in [1.54, 1.807) is 22.9 Å². The standard InChI is InChI=1S/C8H9NO2/c1-7(10)5-9-4-2-3-8(11)6-9/h2-4,6H,5H2,1H3/p+1. The van der Waals surface area contributed by atoms with E-state index >= 15 is 0 Å². The Labute approximate surface area is 64.9 Å². The molecule has 0 bridgehead atoms. The lowest BCUT2D eigenvalue weighted by Gasteiger charge is -1.91. The first kappa shape index (κ1) is 7.72. The van der Waals surface area contributed by atoms with Gasteiger partial charge in [-0.2, -0.15) is 4.57 Å². The zero-order valence-electron chi connectivity index (χ0n) is 6.32. The molecule has 58 valence electrons. The van der Waals surface area contributed by atoms with Crippen LogP contribution in [-0.2, 0) is 11.3 Å². The maximum atomic E-state index is 10.6. The largest absolute Gasteiger partial charge is 0.503 e. The van der Waals surface area contributed by atoms with Gasteiger partial charge in [0.1, 0.15) is 0 Å². The van der Waals surface area contributed by atoms with E-state index in [1.807, 2.05) is 0 Å². The molecule has 0 fully saturated rings. The molecule has 0 unspecified atom stereocenters. The van der Waals surface area contributed by atoms with Gasteiger partial charge >= 0.3 is 0 Å². The van der Waals surface area contributed by atoms with Crippen LogP contribution >= 0.6 is 0 Å². The SMILES string of the molecule is CC(=O)C[n+]1cccc(O)c1. The van der Waals surface area contributed by atoms with E-state index in [9.17, 15) is 4.79 Å². The summed E-state index contributed by atoms with van der Waals surface area (Å²) < 4.78 is 1.64. The van der Waals surface area contributed by atoms with Crippen molar-refractivity contribution in [1.82, 2.24) is 0 Å². The Kier molecular flexibility index (Phi) is 2.21. The van der Waals surface area contributed by atoms with Gasteiger partial charge in [0.2, 0.25) is 12.7 Å². The van der Waals surface area contributed by atoms with Crippen molar-refractivity contribution < 1.29 is 14.5 Å². The summed E-state index contributed by atoms with van der Waals surface area (Å²) in [5.41, 5.74) is 0. The third-order valence-corrected chi connectivity index (χ3v) is 1.25. The first-order valence-electron chi connectivity index (χ1n) is 3.36. The summed E-state index contributed by atoms with van der Waals surface area (Å²) in [6.45, 7) is 1.82. The van der Waals surface area contributed by atoms with Crippen molar-refractivity contribution in [3.05, 3.63) is 24.5 Å². The van der Waals surface area contributed by atoms with E-state index in [0.717, 1.165) is 0 Å². The quantitative estimate of drug-likeness (QED) is 0.618. The van der Waals surface area contributed by atoms with Crippen LogP contribution in [0, 0.1) is 0 Å². The number of hydrogen-bond acceptors (Lipinski definition) is 2. The summed E-state index contributed by atoms with van der Waals surface area (Å²) >= 11 is 0. The third-order valence-electron chi connectivity index (χ3n) is 1.25. The zero-order valence-corrected chi connectivity index (χ0v) is 6.32. The molecule has 0 radical (unpaired) electrons. The molecule has 0 aromatic carbocycles. The molecule has 0 aliphatic rings. The Bertz CT molecular complexity index is 271. The lowest BCUT2D eigenvalue weighted by molar-refractivity contribution is -0.684. The fourth-order valence-electron chi connectivity index (χ4n) is 0.864. The van der Waals surface area contributed by atoms with Gasteiger partial charge in [-0.15, -0.1) is 0 Å². The van der Waals surface area contributed by atoms with Crippen molar-refractivity contribution in [1.29, 1.82) is 0 Å². The second kappa shape index (κ2) is 3.14. The van der Waals surface area contributed by atoms with Crippen molar-refractivity contribution in [3.8, 4) is 5.75 Å². The molecule has 3 heteroatoms. The molecule has 0 amide bonds. The normalized spacial score (nSPS) is 9.55. The van der Waals surface area contributed by atoms with E-state index in [4.69, 9.17) is 5.11 Å². The molecule has 0 aliphatic carbocycles. The van der Waals surface area contributed by atoms with Gasteiger partial charge in [-0.3, -0.25) is 4.79 Å². The van der Waals surface area contributed by atoms with Crippen LogP contribution in [0.4, 0.5) is 0 Å². The van der Waals surface area contributed by atoms with Crippen molar-refractivity contribution in [3.63, 3.8) is 0 Å². The van der Waals surface area contributed by atoms with Gasteiger partial charge in [0.05, 0.1) is 0 Å². The Hall–Kier alpha value is -1.38. The molecule has 3 nitrogen and oxygen atoms in total. The van der Waals surface area contributed by atoms with E-state index in [-0.39, 0.29) is 11.5 Å². The molecule has 1 rings (SSSR count). The van der Waals surface area contributed by atoms with E-state index in [2.05, 4.69) is 0 Å². The Morgan fingerprint density at radius 1 is 1.73 bits per heavy atom. The predicted molar refractivity (Wildman–Crippen MR) is 39.0 cm³/mol. The number of carbonyl (C=O) groups excluding carboxylic acids is 1. The number of nitrogens with zero attached hydrogens (tertiary/aromatic N) is 1. The topological polar surface area (TPSA) is 41.2 Å². The summed E-state index contributed by atoms with van der Waals surface area (Å²) in [7, 11) is 0. The van der Waals surface area contributed by atoms with E-state index in [0.29, 0.717) is 6.54 Å². The number of pyridine rings is 1. The van der Waals surface area contributed by atoms with Crippen LogP contribution in [0.5, 0.6) is 5.75 Å². The highest BCUT2D eigenvalue weighted by Gasteiger charge is 2.03. The van der Waals surface area contributed by atoms with Crippen LogP contribution in [0.2, 0.25) is 0 Å². The number of aromatic hydroxyl groups is 1. The molecule has 0 atom stereocenters. The molecular weight excluding hydrogens is 142 g/mol. The van der Waals surface area contributed by atoms with E-state index in [1.165, 1.54) is 13.1 Å². The molecule has 0 saturated carbocycles. The number of carbonyl (C=O) groups is 1. The second-order valence-electron chi connectivity index (χ2n) is 2.44. The highest BCUT2D eigenvalue weighted by atomic mass is 16.3. The number of Topliss-reactive ketones (excluding diaryl/α,β-unsaturated/α-hetero) is 1. The van der Waals surface area contributed by atoms with Crippen molar-refractivity contribution >= 4 is 5.78 Å². The van der Waals surface area contributed by atoms with Crippen molar-refractivity contribution in [2.24, 2.45) is 0 Å². The van der Waals surface area contributed by atoms with Crippen molar-refractivity contribution in [2.45, 2.75) is 13.5 Å². The summed E-state index contributed by atoms with van der Waals surface area (Å²) in [6.07, 6.45) is 3.25. The molecule has 0 spiro atoms. The molecule has 11 heavy (non-hydrogen) atoms. The predicted octanol–water partition coefficient (Wildman–Crippen LogP) is 0.269. The second-order valence-corrected chi connectivity index (χ2v) is 2.44. The minimum Gasteiger partial charge on any atom is -0.503 e. The molecule has 1 heterocycles. The van der Waals surface area contributed by atoms with Crippen molar-refractivity contribution in [2.75, 3.05) is 0 Å². The average molecular weight is 152 g/mol. The van der Waals surface area contributed by atoms with Crippen LogP contribution in [-0.4, -0.2) is 10.9 Å². The summed E-state index contributed by atoms with van der Waals surface area (Å²) in [4.78, 5) is 10.6. The van der Waals surface area contributed by atoms with E-state index < -0.39 is 0 Å². The van der Waals surface area contributed by atoms with Crippen LogP contribution in [0.3, 0.4) is 0 Å². The fraction of sp³-hybridized carbons (Fsp3) is 0.250. The maximum absolute atomic E-state index is 10.6. The lowest BCUT2D eigenvalue weighted by atomic mass is 10.4. The highest BCUT2D eigenvalue weighted by molar-refractivity contribution is 5.73. The van der Waals surface area contributed by atoms with Crippen LogP contribution < -0.4 is 4.57 Å². The molecule has 1 aromatic rings. The molecule has 0 aliphatic heterocycles. The van der Waals surface area contributed by atoms with Gasteiger partial charge in [-0.25, -0.2) is 0 Å². The number of hydrogen-bond donors (Lipinski definition) is 1. The van der Waals surface area contributed by atoms with Gasteiger partial charge in [0.25, 0.3) is 0 Å². The molecular formula is C8H10NO2+. The van der Waals surface area contributed by atoms with Gasteiger partial charge in [-0.1, -0.05) is 0 Å². The maximum Gasteiger partial charge on any atom is 0.211 e. The summed E-state index contributed by atoms with van der Waals surface area (Å²) in [5, 5.41) is 8.99. The highest BCUT2D eigenvalue weighted by Crippen LogP contribution is 1.99. The minimum absolute atomic E-state index is 0.0700. The Balaban J connectivity index is 2.79. The number of ketones is 1. The lowest BCUT2D eigenvalue weighted by Crippen LogP contribution is -2.35. The number of rotatable bonds is 2. The smallest absolute Gasteiger partial charge is 0.211 e. The third kappa shape index (κ3) is 2.37. The number of aromatic nitrogens is 1. The Morgan fingerprint density at radius 3 is 3.00 bits per heavy atom. The van der Waals surface area contributed by atoms with Crippen LogP contribution in [0.15, 0.2) is 24.5 Å². The molecule has 1 aromatic heterocycles. The summed E-state index contributed by atoms with van der Waals surface area (Å²) in [5.74, 6) is 0.245.